The van der Waals surface area contributed by atoms with Crippen molar-refractivity contribution in [3.05, 3.63) is 68.7 Å². The van der Waals surface area contributed by atoms with Crippen LogP contribution in [-0.4, -0.2) is 17.0 Å². The molecule has 0 saturated heterocycles. The van der Waals surface area contributed by atoms with Crippen LogP contribution in [-0.2, 0) is 6.54 Å². The van der Waals surface area contributed by atoms with Crippen LogP contribution in [0.2, 0.25) is 5.02 Å². The Morgan fingerprint density at radius 1 is 1.14 bits per heavy atom. The first-order valence-corrected chi connectivity index (χ1v) is 7.20. The molecule has 2 aromatic rings. The SMILES string of the molecule is O=C(O)c1ccc(CNC(=O)c2ccc(Cl)cc2Br)cc1. The minimum atomic E-state index is -0.976. The third kappa shape index (κ3) is 4.06. The maximum atomic E-state index is 12.0. The number of carboxylic acid groups (broad SMARTS) is 1. The van der Waals surface area contributed by atoms with Gasteiger partial charge in [0, 0.05) is 16.0 Å². The van der Waals surface area contributed by atoms with Crippen molar-refractivity contribution in [3.8, 4) is 0 Å². The van der Waals surface area contributed by atoms with Crippen LogP contribution in [0.3, 0.4) is 0 Å². The highest BCUT2D eigenvalue weighted by atomic mass is 79.9. The standard InChI is InChI=1S/C15H11BrClNO3/c16-13-7-11(17)5-6-12(13)14(19)18-8-9-1-3-10(4-2-9)15(20)21/h1-7H,8H2,(H,18,19)(H,20,21). The van der Waals surface area contributed by atoms with Crippen LogP contribution in [0.1, 0.15) is 26.3 Å². The van der Waals surface area contributed by atoms with Gasteiger partial charge in [0.1, 0.15) is 0 Å². The zero-order valence-corrected chi connectivity index (χ0v) is 13.1. The molecule has 2 aromatic carbocycles. The number of aromatic carboxylic acids is 1. The van der Waals surface area contributed by atoms with Crippen molar-refractivity contribution >= 4 is 39.4 Å². The van der Waals surface area contributed by atoms with Gasteiger partial charge in [0.15, 0.2) is 0 Å². The summed E-state index contributed by atoms with van der Waals surface area (Å²) >= 11 is 9.11. The van der Waals surface area contributed by atoms with Crippen molar-refractivity contribution in [1.82, 2.24) is 5.32 Å². The topological polar surface area (TPSA) is 66.4 Å². The predicted molar refractivity (Wildman–Crippen MR) is 83.7 cm³/mol. The summed E-state index contributed by atoms with van der Waals surface area (Å²) in [7, 11) is 0. The Bertz CT molecular complexity index is 686. The summed E-state index contributed by atoms with van der Waals surface area (Å²) in [5.74, 6) is -1.21. The summed E-state index contributed by atoms with van der Waals surface area (Å²) in [5, 5.41) is 12.1. The van der Waals surface area contributed by atoms with Gasteiger partial charge in [-0.05, 0) is 51.8 Å². The third-order valence-electron chi connectivity index (χ3n) is 2.83. The minimum Gasteiger partial charge on any atom is -0.478 e. The lowest BCUT2D eigenvalue weighted by molar-refractivity contribution is 0.0696. The summed E-state index contributed by atoms with van der Waals surface area (Å²) in [6, 6.07) is 11.3. The van der Waals surface area contributed by atoms with Crippen molar-refractivity contribution in [2.24, 2.45) is 0 Å². The molecule has 0 saturated carbocycles. The van der Waals surface area contributed by atoms with Crippen molar-refractivity contribution in [2.75, 3.05) is 0 Å². The lowest BCUT2D eigenvalue weighted by Crippen LogP contribution is -2.23. The molecule has 108 valence electrons. The molecule has 0 aliphatic carbocycles. The van der Waals surface area contributed by atoms with E-state index in [1.54, 1.807) is 30.3 Å². The summed E-state index contributed by atoms with van der Waals surface area (Å²) in [4.78, 5) is 22.8. The molecule has 0 radical (unpaired) electrons. The summed E-state index contributed by atoms with van der Waals surface area (Å²) in [6.45, 7) is 0.313. The number of carboxylic acids is 1. The molecular formula is C15H11BrClNO3. The Balaban J connectivity index is 2.02. The van der Waals surface area contributed by atoms with E-state index in [9.17, 15) is 9.59 Å². The zero-order valence-electron chi connectivity index (χ0n) is 10.8. The van der Waals surface area contributed by atoms with Gasteiger partial charge in [-0.3, -0.25) is 4.79 Å². The summed E-state index contributed by atoms with van der Waals surface area (Å²) in [6.07, 6.45) is 0. The maximum Gasteiger partial charge on any atom is 0.335 e. The molecular weight excluding hydrogens is 358 g/mol. The fourth-order valence-corrected chi connectivity index (χ4v) is 2.58. The first-order valence-electron chi connectivity index (χ1n) is 6.03. The fraction of sp³-hybridized carbons (Fsp3) is 0.0667. The molecule has 6 heteroatoms. The van der Waals surface area contributed by atoms with Crippen LogP contribution in [0.15, 0.2) is 46.9 Å². The normalized spacial score (nSPS) is 10.2. The van der Waals surface area contributed by atoms with Crippen LogP contribution in [0, 0.1) is 0 Å². The largest absolute Gasteiger partial charge is 0.478 e. The number of benzene rings is 2. The van der Waals surface area contributed by atoms with E-state index in [1.165, 1.54) is 12.1 Å². The number of amides is 1. The molecule has 0 aliphatic heterocycles. The van der Waals surface area contributed by atoms with Gasteiger partial charge in [0.2, 0.25) is 0 Å². The molecule has 0 aliphatic rings. The van der Waals surface area contributed by atoms with E-state index < -0.39 is 5.97 Å². The minimum absolute atomic E-state index is 0.213. The van der Waals surface area contributed by atoms with E-state index in [4.69, 9.17) is 16.7 Å². The first kappa shape index (κ1) is 15.5. The molecule has 0 heterocycles. The van der Waals surface area contributed by atoms with Gasteiger partial charge in [-0.25, -0.2) is 4.79 Å². The van der Waals surface area contributed by atoms with Gasteiger partial charge in [0.05, 0.1) is 11.1 Å². The van der Waals surface area contributed by atoms with E-state index >= 15 is 0 Å². The first-order chi connectivity index (χ1) is 9.97. The van der Waals surface area contributed by atoms with Gasteiger partial charge in [-0.2, -0.15) is 0 Å². The highest BCUT2D eigenvalue weighted by molar-refractivity contribution is 9.10. The van der Waals surface area contributed by atoms with Gasteiger partial charge < -0.3 is 10.4 Å². The number of hydrogen-bond acceptors (Lipinski definition) is 2. The molecule has 21 heavy (non-hydrogen) atoms. The number of hydrogen-bond donors (Lipinski definition) is 2. The number of halogens is 2. The molecule has 0 bridgehead atoms. The molecule has 0 unspecified atom stereocenters. The second-order valence-electron chi connectivity index (χ2n) is 4.31. The van der Waals surface area contributed by atoms with Crippen LogP contribution < -0.4 is 5.32 Å². The molecule has 4 nitrogen and oxygen atoms in total. The average Bonchev–Trinajstić information content (AvgIpc) is 2.45. The zero-order chi connectivity index (χ0) is 15.4. The quantitative estimate of drug-likeness (QED) is 0.864. The van der Waals surface area contributed by atoms with Crippen LogP contribution in [0.5, 0.6) is 0 Å². The van der Waals surface area contributed by atoms with Crippen LogP contribution >= 0.6 is 27.5 Å². The smallest absolute Gasteiger partial charge is 0.335 e. The predicted octanol–water partition coefficient (Wildman–Crippen LogP) is 3.73. The lowest BCUT2D eigenvalue weighted by Gasteiger charge is -2.07. The van der Waals surface area contributed by atoms with Gasteiger partial charge >= 0.3 is 5.97 Å². The Kier molecular flexibility index (Phi) is 4.98. The Labute approximate surface area is 134 Å². The summed E-state index contributed by atoms with van der Waals surface area (Å²) in [5.41, 5.74) is 1.52. The van der Waals surface area contributed by atoms with E-state index in [0.29, 0.717) is 21.6 Å². The number of carbonyl (C=O) groups excluding carboxylic acids is 1. The second-order valence-corrected chi connectivity index (χ2v) is 5.60. The van der Waals surface area contributed by atoms with Crippen molar-refractivity contribution in [1.29, 1.82) is 0 Å². The second kappa shape index (κ2) is 6.74. The average molecular weight is 369 g/mol. The molecule has 1 amide bonds. The molecule has 0 aromatic heterocycles. The van der Waals surface area contributed by atoms with Gasteiger partial charge in [-0.15, -0.1) is 0 Å². The Morgan fingerprint density at radius 2 is 1.81 bits per heavy atom. The Morgan fingerprint density at radius 3 is 2.38 bits per heavy atom. The van der Waals surface area contributed by atoms with E-state index in [2.05, 4.69) is 21.2 Å². The molecule has 0 fully saturated rings. The lowest BCUT2D eigenvalue weighted by atomic mass is 10.1. The monoisotopic (exact) mass is 367 g/mol. The number of nitrogens with one attached hydrogen (secondary N) is 1. The van der Waals surface area contributed by atoms with E-state index in [1.807, 2.05) is 0 Å². The van der Waals surface area contributed by atoms with Gasteiger partial charge in [-0.1, -0.05) is 23.7 Å². The number of rotatable bonds is 4. The maximum absolute atomic E-state index is 12.0. The van der Waals surface area contributed by atoms with Crippen molar-refractivity contribution < 1.29 is 14.7 Å². The Hall–Kier alpha value is -1.85. The highest BCUT2D eigenvalue weighted by Gasteiger charge is 2.10. The van der Waals surface area contributed by atoms with Crippen LogP contribution in [0.25, 0.3) is 0 Å². The molecule has 0 atom stereocenters. The van der Waals surface area contributed by atoms with Crippen LogP contribution in [0.4, 0.5) is 0 Å². The van der Waals surface area contributed by atoms with Gasteiger partial charge in [0.25, 0.3) is 5.91 Å². The summed E-state index contributed by atoms with van der Waals surface area (Å²) < 4.78 is 0.619. The van der Waals surface area contributed by atoms with Crippen molar-refractivity contribution in [3.63, 3.8) is 0 Å². The van der Waals surface area contributed by atoms with E-state index in [-0.39, 0.29) is 11.5 Å². The molecule has 0 spiro atoms. The van der Waals surface area contributed by atoms with Crippen molar-refractivity contribution in [2.45, 2.75) is 6.54 Å². The van der Waals surface area contributed by atoms with E-state index in [0.717, 1.165) is 5.56 Å². The number of carbonyl (C=O) groups is 2. The highest BCUT2D eigenvalue weighted by Crippen LogP contribution is 2.21. The fourth-order valence-electron chi connectivity index (χ4n) is 1.72. The molecule has 2 N–H and O–H groups in total. The third-order valence-corrected chi connectivity index (χ3v) is 3.72. The molecule has 2 rings (SSSR count).